The van der Waals surface area contributed by atoms with E-state index in [2.05, 4.69) is 13.8 Å². The number of nitrogens with zero attached hydrogens (tertiary/aromatic N) is 1. The van der Waals surface area contributed by atoms with Crippen molar-refractivity contribution in [1.29, 1.82) is 0 Å². The van der Waals surface area contributed by atoms with Crippen molar-refractivity contribution in [3.05, 3.63) is 0 Å². The van der Waals surface area contributed by atoms with Crippen LogP contribution in [-0.2, 0) is 4.79 Å². The molecule has 3 nitrogen and oxygen atoms in total. The molecule has 15 heavy (non-hydrogen) atoms. The van der Waals surface area contributed by atoms with Gasteiger partial charge in [0.1, 0.15) is 0 Å². The number of rotatable bonds is 2. The molecule has 0 spiro atoms. The topological polar surface area (TPSA) is 46.3 Å². The largest absolute Gasteiger partial charge is 0.338 e. The maximum Gasteiger partial charge on any atom is 0.228 e. The summed E-state index contributed by atoms with van der Waals surface area (Å²) >= 11 is 0. The van der Waals surface area contributed by atoms with Gasteiger partial charge in [0.25, 0.3) is 0 Å². The number of carbonyl (C=O) groups is 1. The van der Waals surface area contributed by atoms with Crippen LogP contribution >= 0.6 is 0 Å². The minimum absolute atomic E-state index is 0.0743. The van der Waals surface area contributed by atoms with E-state index in [4.69, 9.17) is 5.73 Å². The monoisotopic (exact) mass is 210 g/mol. The highest BCUT2D eigenvalue weighted by Gasteiger charge is 2.47. The van der Waals surface area contributed by atoms with E-state index in [9.17, 15) is 4.79 Å². The molecule has 0 radical (unpaired) electrons. The Labute approximate surface area is 92.0 Å². The lowest BCUT2D eigenvalue weighted by Gasteiger charge is -2.49. The van der Waals surface area contributed by atoms with Gasteiger partial charge in [-0.2, -0.15) is 0 Å². The Hall–Kier alpha value is -0.570. The van der Waals surface area contributed by atoms with E-state index in [0.717, 1.165) is 32.4 Å². The lowest BCUT2D eigenvalue weighted by molar-refractivity contribution is -0.148. The number of carbonyl (C=O) groups excluding carboxylic acids is 1. The van der Waals surface area contributed by atoms with E-state index >= 15 is 0 Å². The fraction of sp³-hybridized carbons (Fsp3) is 0.917. The van der Waals surface area contributed by atoms with Gasteiger partial charge >= 0.3 is 0 Å². The molecule has 86 valence electrons. The van der Waals surface area contributed by atoms with E-state index in [1.54, 1.807) is 0 Å². The fourth-order valence-electron chi connectivity index (χ4n) is 2.83. The second-order valence-electron chi connectivity index (χ2n) is 5.64. The second-order valence-corrected chi connectivity index (χ2v) is 5.64. The number of likely N-dealkylation sites (tertiary alicyclic amines) is 1. The first-order valence-electron chi connectivity index (χ1n) is 6.07. The summed E-state index contributed by atoms with van der Waals surface area (Å²) in [6.45, 7) is 5.74. The van der Waals surface area contributed by atoms with Crippen LogP contribution in [-0.4, -0.2) is 29.4 Å². The third kappa shape index (κ3) is 1.78. The van der Waals surface area contributed by atoms with Crippen LogP contribution in [0.5, 0.6) is 0 Å². The molecule has 1 aliphatic carbocycles. The molecule has 2 N–H and O–H groups in total. The molecule has 3 heteroatoms. The van der Waals surface area contributed by atoms with Gasteiger partial charge in [0.05, 0.1) is 5.54 Å². The van der Waals surface area contributed by atoms with Gasteiger partial charge < -0.3 is 10.6 Å². The molecule has 0 aromatic carbocycles. The van der Waals surface area contributed by atoms with Crippen LogP contribution in [0.15, 0.2) is 0 Å². The van der Waals surface area contributed by atoms with E-state index in [1.165, 1.54) is 12.8 Å². The van der Waals surface area contributed by atoms with Crippen LogP contribution < -0.4 is 5.73 Å². The predicted molar refractivity (Wildman–Crippen MR) is 60.4 cm³/mol. The normalized spacial score (nSPS) is 27.5. The van der Waals surface area contributed by atoms with E-state index in [0.29, 0.717) is 5.91 Å². The van der Waals surface area contributed by atoms with Crippen LogP contribution in [0.4, 0.5) is 0 Å². The number of hydrogen-bond acceptors (Lipinski definition) is 2. The van der Waals surface area contributed by atoms with Gasteiger partial charge in [0.15, 0.2) is 0 Å². The minimum atomic E-state index is -0.0926. The zero-order valence-electron chi connectivity index (χ0n) is 9.88. The molecule has 1 saturated carbocycles. The Bertz CT molecular complexity index is 263. The zero-order valence-corrected chi connectivity index (χ0v) is 9.88. The van der Waals surface area contributed by atoms with Crippen molar-refractivity contribution < 1.29 is 4.79 Å². The fourth-order valence-corrected chi connectivity index (χ4v) is 2.83. The molecule has 0 aromatic heterocycles. The molecule has 1 heterocycles. The standard InChI is InChI=1S/C12H22N2O/c1-3-12(13)8-14(9-12)10(15)11(2)6-4-5-7-11/h3-9,13H2,1-2H3. The predicted octanol–water partition coefficient (Wildman–Crippen LogP) is 1.52. The van der Waals surface area contributed by atoms with Crippen LogP contribution in [0, 0.1) is 5.41 Å². The van der Waals surface area contributed by atoms with Crippen molar-refractivity contribution in [2.75, 3.05) is 13.1 Å². The van der Waals surface area contributed by atoms with Gasteiger partial charge in [0.2, 0.25) is 5.91 Å². The average Bonchev–Trinajstić information content (AvgIpc) is 2.60. The number of amides is 1. The van der Waals surface area contributed by atoms with Crippen molar-refractivity contribution >= 4 is 5.91 Å². The van der Waals surface area contributed by atoms with Crippen molar-refractivity contribution in [3.63, 3.8) is 0 Å². The van der Waals surface area contributed by atoms with Crippen LogP contribution in [0.25, 0.3) is 0 Å². The molecule has 1 amide bonds. The molecule has 1 aliphatic heterocycles. The SMILES string of the molecule is CCC1(N)CN(C(=O)C2(C)CCCC2)C1. The number of hydrogen-bond donors (Lipinski definition) is 1. The summed E-state index contributed by atoms with van der Waals surface area (Å²) in [5, 5.41) is 0. The molecule has 1 saturated heterocycles. The first-order valence-corrected chi connectivity index (χ1v) is 6.07. The molecule has 0 aromatic rings. The third-order valence-electron chi connectivity index (χ3n) is 4.23. The molecule has 0 unspecified atom stereocenters. The first-order chi connectivity index (χ1) is 6.99. The van der Waals surface area contributed by atoms with Crippen LogP contribution in [0.3, 0.4) is 0 Å². The summed E-state index contributed by atoms with van der Waals surface area (Å²) in [5.74, 6) is 0.342. The third-order valence-corrected chi connectivity index (χ3v) is 4.23. The maximum atomic E-state index is 12.2. The summed E-state index contributed by atoms with van der Waals surface area (Å²) < 4.78 is 0. The molecule has 0 bridgehead atoms. The van der Waals surface area contributed by atoms with E-state index in [-0.39, 0.29) is 11.0 Å². The molecule has 0 atom stereocenters. The molecular formula is C12H22N2O. The van der Waals surface area contributed by atoms with Crippen LogP contribution in [0.2, 0.25) is 0 Å². The molecule has 2 aliphatic rings. The Morgan fingerprint density at radius 3 is 2.33 bits per heavy atom. The maximum absolute atomic E-state index is 12.2. The average molecular weight is 210 g/mol. The number of nitrogens with two attached hydrogens (primary N) is 1. The zero-order chi connectivity index (χ0) is 11.1. The van der Waals surface area contributed by atoms with E-state index in [1.807, 2.05) is 4.90 Å². The van der Waals surface area contributed by atoms with Gasteiger partial charge in [-0.3, -0.25) is 4.79 Å². The highest BCUT2D eigenvalue weighted by Crippen LogP contribution is 2.40. The Balaban J connectivity index is 1.94. The Kier molecular flexibility index (Phi) is 2.53. The summed E-state index contributed by atoms with van der Waals surface area (Å²) in [5.41, 5.74) is 5.91. The van der Waals surface area contributed by atoms with Crippen molar-refractivity contribution in [2.24, 2.45) is 11.1 Å². The van der Waals surface area contributed by atoms with Crippen molar-refractivity contribution in [1.82, 2.24) is 4.90 Å². The van der Waals surface area contributed by atoms with Gasteiger partial charge in [-0.05, 0) is 19.3 Å². The second kappa shape index (κ2) is 3.48. The van der Waals surface area contributed by atoms with Crippen molar-refractivity contribution in [3.8, 4) is 0 Å². The minimum Gasteiger partial charge on any atom is -0.338 e. The molecule has 2 fully saturated rings. The smallest absolute Gasteiger partial charge is 0.228 e. The van der Waals surface area contributed by atoms with Gasteiger partial charge in [0, 0.05) is 18.5 Å². The summed E-state index contributed by atoms with van der Waals surface area (Å²) in [7, 11) is 0. The summed E-state index contributed by atoms with van der Waals surface area (Å²) in [6, 6.07) is 0. The Morgan fingerprint density at radius 2 is 1.87 bits per heavy atom. The quantitative estimate of drug-likeness (QED) is 0.751. The van der Waals surface area contributed by atoms with Gasteiger partial charge in [-0.1, -0.05) is 26.7 Å². The Morgan fingerprint density at radius 1 is 1.33 bits per heavy atom. The lowest BCUT2D eigenvalue weighted by atomic mass is 9.82. The first kappa shape index (κ1) is 10.9. The summed E-state index contributed by atoms with van der Waals surface area (Å²) in [4.78, 5) is 14.2. The highest BCUT2D eigenvalue weighted by atomic mass is 16.2. The molecular weight excluding hydrogens is 188 g/mol. The summed E-state index contributed by atoms with van der Waals surface area (Å²) in [6.07, 6.45) is 5.50. The van der Waals surface area contributed by atoms with Crippen molar-refractivity contribution in [2.45, 2.75) is 51.5 Å². The van der Waals surface area contributed by atoms with E-state index < -0.39 is 0 Å². The van der Waals surface area contributed by atoms with Crippen LogP contribution in [0.1, 0.15) is 46.0 Å². The highest BCUT2D eigenvalue weighted by molar-refractivity contribution is 5.83. The van der Waals surface area contributed by atoms with Gasteiger partial charge in [-0.15, -0.1) is 0 Å². The molecule has 2 rings (SSSR count). The van der Waals surface area contributed by atoms with Gasteiger partial charge in [-0.25, -0.2) is 0 Å². The lowest BCUT2D eigenvalue weighted by Crippen LogP contribution is -2.69.